The van der Waals surface area contributed by atoms with Crippen molar-refractivity contribution in [3.8, 4) is 0 Å². The van der Waals surface area contributed by atoms with Crippen molar-refractivity contribution >= 4 is 15.7 Å². The molecule has 0 saturated carbocycles. The van der Waals surface area contributed by atoms with E-state index in [-0.39, 0.29) is 4.90 Å². The summed E-state index contributed by atoms with van der Waals surface area (Å²) in [5, 5.41) is 4.27. The van der Waals surface area contributed by atoms with Crippen molar-refractivity contribution in [2.45, 2.75) is 46.1 Å². The largest absolute Gasteiger partial charge is 0.280 e. The van der Waals surface area contributed by atoms with Crippen LogP contribution in [0.15, 0.2) is 23.1 Å². The maximum absolute atomic E-state index is 12.6. The molecule has 2 rings (SSSR count). The van der Waals surface area contributed by atoms with Gasteiger partial charge in [-0.1, -0.05) is 6.07 Å². The van der Waals surface area contributed by atoms with Crippen LogP contribution in [0.5, 0.6) is 0 Å². The topological polar surface area (TPSA) is 64.0 Å². The van der Waals surface area contributed by atoms with Crippen molar-refractivity contribution in [2.24, 2.45) is 0 Å². The Morgan fingerprint density at radius 1 is 1.10 bits per heavy atom. The molecule has 0 fully saturated rings. The van der Waals surface area contributed by atoms with Crippen LogP contribution in [0.25, 0.3) is 0 Å². The predicted octanol–water partition coefficient (Wildman–Crippen LogP) is 2.94. The fourth-order valence-electron chi connectivity index (χ4n) is 2.62. The molecule has 0 radical (unpaired) electrons. The van der Waals surface area contributed by atoms with Crippen LogP contribution in [0.4, 0.5) is 5.69 Å². The van der Waals surface area contributed by atoms with E-state index in [4.69, 9.17) is 0 Å². The number of hydrogen-bond donors (Lipinski definition) is 1. The molecule has 5 nitrogen and oxygen atoms in total. The third-order valence-electron chi connectivity index (χ3n) is 3.36. The van der Waals surface area contributed by atoms with Gasteiger partial charge in [-0.3, -0.25) is 9.40 Å². The predicted molar refractivity (Wildman–Crippen MR) is 84.1 cm³/mol. The summed E-state index contributed by atoms with van der Waals surface area (Å²) in [6.07, 6.45) is 0. The van der Waals surface area contributed by atoms with Gasteiger partial charge in [-0.25, -0.2) is 8.42 Å². The van der Waals surface area contributed by atoms with Crippen molar-refractivity contribution < 1.29 is 8.42 Å². The summed E-state index contributed by atoms with van der Waals surface area (Å²) in [5.41, 5.74) is 3.80. The standard InChI is InChI=1S/C15H21N3O2S/c1-6-18-13(5)15(12(4)16-18)21(19,20)17-14-8-10(2)7-11(3)9-14/h7-9,17H,6H2,1-5H3. The maximum atomic E-state index is 12.6. The normalized spacial score (nSPS) is 11.7. The molecule has 1 aromatic heterocycles. The molecule has 2 aromatic rings. The van der Waals surface area contributed by atoms with Gasteiger partial charge in [0.15, 0.2) is 0 Å². The zero-order chi connectivity index (χ0) is 15.8. The molecule has 0 bridgehead atoms. The molecule has 1 heterocycles. The average molecular weight is 307 g/mol. The van der Waals surface area contributed by atoms with Gasteiger partial charge in [0.2, 0.25) is 0 Å². The molecule has 0 aliphatic carbocycles. The first-order valence-electron chi connectivity index (χ1n) is 6.89. The highest BCUT2D eigenvalue weighted by atomic mass is 32.2. The molecule has 0 aliphatic rings. The quantitative estimate of drug-likeness (QED) is 0.944. The first-order valence-corrected chi connectivity index (χ1v) is 8.38. The molecule has 1 aromatic carbocycles. The minimum Gasteiger partial charge on any atom is -0.280 e. The number of aromatic nitrogens is 2. The Bertz CT molecular complexity index is 756. The molecule has 0 saturated heterocycles. The lowest BCUT2D eigenvalue weighted by Crippen LogP contribution is -2.15. The van der Waals surface area contributed by atoms with E-state index >= 15 is 0 Å². The van der Waals surface area contributed by atoms with E-state index in [0.717, 1.165) is 11.1 Å². The van der Waals surface area contributed by atoms with E-state index in [2.05, 4.69) is 9.82 Å². The van der Waals surface area contributed by atoms with Gasteiger partial charge in [0.1, 0.15) is 4.90 Å². The van der Waals surface area contributed by atoms with Crippen LogP contribution in [-0.4, -0.2) is 18.2 Å². The number of sulfonamides is 1. The number of hydrogen-bond acceptors (Lipinski definition) is 3. The van der Waals surface area contributed by atoms with Crippen LogP contribution in [0.1, 0.15) is 29.4 Å². The van der Waals surface area contributed by atoms with Crippen molar-refractivity contribution in [1.82, 2.24) is 9.78 Å². The Balaban J connectivity index is 2.46. The van der Waals surface area contributed by atoms with Crippen LogP contribution in [0.3, 0.4) is 0 Å². The van der Waals surface area contributed by atoms with Gasteiger partial charge in [-0.15, -0.1) is 0 Å². The Morgan fingerprint density at radius 2 is 1.67 bits per heavy atom. The second-order valence-electron chi connectivity index (χ2n) is 5.30. The van der Waals surface area contributed by atoms with E-state index in [0.29, 0.717) is 23.6 Å². The minimum atomic E-state index is -3.63. The molecule has 0 atom stereocenters. The highest BCUT2D eigenvalue weighted by Gasteiger charge is 2.24. The van der Waals surface area contributed by atoms with Crippen LogP contribution in [0, 0.1) is 27.7 Å². The number of benzene rings is 1. The fourth-order valence-corrected chi connectivity index (χ4v) is 4.07. The maximum Gasteiger partial charge on any atom is 0.265 e. The van der Waals surface area contributed by atoms with Crippen molar-refractivity contribution in [3.63, 3.8) is 0 Å². The molecular formula is C15H21N3O2S. The van der Waals surface area contributed by atoms with Crippen molar-refractivity contribution in [2.75, 3.05) is 4.72 Å². The third-order valence-corrected chi connectivity index (χ3v) is 4.99. The number of rotatable bonds is 4. The highest BCUT2D eigenvalue weighted by molar-refractivity contribution is 7.92. The van der Waals surface area contributed by atoms with Gasteiger partial charge >= 0.3 is 0 Å². The van der Waals surface area contributed by atoms with Gasteiger partial charge in [0.25, 0.3) is 10.0 Å². The van der Waals surface area contributed by atoms with Gasteiger partial charge in [-0.05, 0) is 57.9 Å². The first kappa shape index (κ1) is 15.6. The van der Waals surface area contributed by atoms with Crippen LogP contribution in [0.2, 0.25) is 0 Å². The van der Waals surface area contributed by atoms with Gasteiger partial charge in [-0.2, -0.15) is 5.10 Å². The summed E-state index contributed by atoms with van der Waals surface area (Å²) < 4.78 is 29.6. The Hall–Kier alpha value is -1.82. The van der Waals surface area contributed by atoms with E-state index < -0.39 is 10.0 Å². The SMILES string of the molecule is CCn1nc(C)c(S(=O)(=O)Nc2cc(C)cc(C)c2)c1C. The molecule has 0 amide bonds. The second-order valence-corrected chi connectivity index (χ2v) is 6.92. The zero-order valence-electron chi connectivity index (χ0n) is 13.1. The van der Waals surface area contributed by atoms with E-state index in [9.17, 15) is 8.42 Å². The van der Waals surface area contributed by atoms with E-state index in [1.165, 1.54) is 0 Å². The summed E-state index contributed by atoms with van der Waals surface area (Å²) in [7, 11) is -3.63. The van der Waals surface area contributed by atoms with Crippen LogP contribution < -0.4 is 4.72 Å². The number of aryl methyl sites for hydroxylation is 4. The van der Waals surface area contributed by atoms with E-state index in [1.54, 1.807) is 18.5 Å². The third kappa shape index (κ3) is 3.10. The molecule has 114 valence electrons. The lowest BCUT2D eigenvalue weighted by atomic mass is 10.1. The molecule has 1 N–H and O–H groups in total. The molecule has 21 heavy (non-hydrogen) atoms. The van der Waals surface area contributed by atoms with Gasteiger partial charge < -0.3 is 0 Å². The highest BCUT2D eigenvalue weighted by Crippen LogP contribution is 2.23. The second kappa shape index (κ2) is 5.52. The molecule has 6 heteroatoms. The van der Waals surface area contributed by atoms with Gasteiger partial charge in [0.05, 0.1) is 11.4 Å². The molecule has 0 spiro atoms. The number of anilines is 1. The Labute approximate surface area is 126 Å². The fraction of sp³-hybridized carbons (Fsp3) is 0.400. The minimum absolute atomic E-state index is 0.267. The number of nitrogens with one attached hydrogen (secondary N) is 1. The lowest BCUT2D eigenvalue weighted by molar-refractivity contribution is 0.598. The number of nitrogens with zero attached hydrogens (tertiary/aromatic N) is 2. The van der Waals surface area contributed by atoms with Crippen LogP contribution >= 0.6 is 0 Å². The monoisotopic (exact) mass is 307 g/mol. The van der Waals surface area contributed by atoms with E-state index in [1.807, 2.05) is 39.0 Å². The van der Waals surface area contributed by atoms with Gasteiger partial charge in [0, 0.05) is 12.2 Å². The molecule has 0 unspecified atom stereocenters. The Kier molecular flexibility index (Phi) is 4.09. The summed E-state index contributed by atoms with van der Waals surface area (Å²) in [6, 6.07) is 5.64. The molecular weight excluding hydrogens is 286 g/mol. The average Bonchev–Trinajstić information content (AvgIpc) is 2.62. The van der Waals surface area contributed by atoms with Crippen molar-refractivity contribution in [3.05, 3.63) is 40.7 Å². The van der Waals surface area contributed by atoms with Crippen molar-refractivity contribution in [1.29, 1.82) is 0 Å². The molecule has 0 aliphatic heterocycles. The zero-order valence-corrected chi connectivity index (χ0v) is 13.9. The summed E-state index contributed by atoms with van der Waals surface area (Å²) >= 11 is 0. The smallest absolute Gasteiger partial charge is 0.265 e. The Morgan fingerprint density at radius 3 is 2.14 bits per heavy atom. The van der Waals surface area contributed by atoms with Crippen LogP contribution in [-0.2, 0) is 16.6 Å². The first-order chi connectivity index (χ1) is 9.74. The summed E-state index contributed by atoms with van der Waals surface area (Å²) in [5.74, 6) is 0. The summed E-state index contributed by atoms with van der Waals surface area (Å²) in [4.78, 5) is 0.267. The summed E-state index contributed by atoms with van der Waals surface area (Å²) in [6.45, 7) is 9.96. The lowest BCUT2D eigenvalue weighted by Gasteiger charge is -2.10.